The molecular formula is C20H15N3O3S. The van der Waals surface area contributed by atoms with Crippen molar-refractivity contribution in [2.45, 2.75) is 18.7 Å². The fraction of sp³-hybridized carbons (Fsp3) is 0.100. The summed E-state index contributed by atoms with van der Waals surface area (Å²) in [6.07, 6.45) is 1.57. The van der Waals surface area contributed by atoms with Crippen LogP contribution in [0, 0.1) is 19.3 Å². The number of amides is 1. The van der Waals surface area contributed by atoms with Crippen LogP contribution in [0.1, 0.15) is 27.0 Å². The number of anilines is 1. The predicted molar refractivity (Wildman–Crippen MR) is 106 cm³/mol. The van der Waals surface area contributed by atoms with Crippen molar-refractivity contribution in [3.05, 3.63) is 64.2 Å². The molecule has 0 atom stereocenters. The number of fused-ring (bicyclic) bond motifs is 3. The molecule has 27 heavy (non-hydrogen) atoms. The smallest absolute Gasteiger partial charge is 0.335 e. The molecule has 0 unspecified atom stereocenters. The molecule has 0 fully saturated rings. The second-order valence-corrected chi connectivity index (χ2v) is 7.38. The number of carboxylic acid groups (broad SMARTS) is 1. The highest BCUT2D eigenvalue weighted by molar-refractivity contribution is 8.15. The van der Waals surface area contributed by atoms with E-state index in [1.165, 1.54) is 23.9 Å². The number of nitrogens with zero attached hydrogens (tertiary/aromatic N) is 2. The van der Waals surface area contributed by atoms with Gasteiger partial charge in [0.2, 0.25) is 0 Å². The summed E-state index contributed by atoms with van der Waals surface area (Å²) in [5.74, 6) is -1.41. The van der Waals surface area contributed by atoms with E-state index in [9.17, 15) is 9.59 Å². The highest BCUT2D eigenvalue weighted by Crippen LogP contribution is 2.44. The number of carbonyl (C=O) groups is 2. The number of rotatable bonds is 2. The van der Waals surface area contributed by atoms with Gasteiger partial charge >= 0.3 is 5.97 Å². The van der Waals surface area contributed by atoms with E-state index in [0.29, 0.717) is 10.7 Å². The minimum atomic E-state index is -1.01. The molecule has 134 valence electrons. The summed E-state index contributed by atoms with van der Waals surface area (Å²) in [6, 6.07) is 10.2. The lowest BCUT2D eigenvalue weighted by Crippen LogP contribution is -2.39. The first-order chi connectivity index (χ1) is 12.8. The van der Waals surface area contributed by atoms with E-state index in [4.69, 9.17) is 10.5 Å². The van der Waals surface area contributed by atoms with Crippen LogP contribution in [0.4, 0.5) is 5.69 Å². The van der Waals surface area contributed by atoms with E-state index < -0.39 is 11.9 Å². The first-order valence-electron chi connectivity index (χ1n) is 8.21. The number of benzene rings is 2. The Bertz CT molecular complexity index is 1080. The standard InChI is InChI=1S/C20H15N3O3S/c1-10-7-15-16(8-11(10)2)27-20-22-18(24)14(17(21)23(15)20)9-12-3-5-13(6-4-12)19(25)26/h3-9,21H,1-2H3,(H,25,26)/b14-9+,21-17?. The molecule has 0 radical (unpaired) electrons. The summed E-state index contributed by atoms with van der Waals surface area (Å²) >= 11 is 1.39. The molecule has 0 saturated heterocycles. The molecule has 0 bridgehead atoms. The summed E-state index contributed by atoms with van der Waals surface area (Å²) in [5, 5.41) is 18.0. The Hall–Kier alpha value is -3.19. The zero-order valence-corrected chi connectivity index (χ0v) is 15.4. The van der Waals surface area contributed by atoms with Crippen molar-refractivity contribution in [3.63, 3.8) is 0 Å². The SMILES string of the molecule is Cc1cc2c(cc1C)N1C(=N)/C(=C\c3ccc(C(=O)O)cc3)C(=O)N=C1S2. The maximum Gasteiger partial charge on any atom is 0.335 e. The zero-order chi connectivity index (χ0) is 19.3. The molecule has 2 aromatic carbocycles. The largest absolute Gasteiger partial charge is 0.478 e. The second kappa shape index (κ2) is 6.21. The van der Waals surface area contributed by atoms with E-state index in [0.717, 1.165) is 21.7 Å². The van der Waals surface area contributed by atoms with E-state index in [1.54, 1.807) is 23.1 Å². The van der Waals surface area contributed by atoms with E-state index in [2.05, 4.69) is 4.99 Å². The average molecular weight is 377 g/mol. The van der Waals surface area contributed by atoms with Gasteiger partial charge in [0.1, 0.15) is 5.84 Å². The Labute approximate surface area is 159 Å². The minimum Gasteiger partial charge on any atom is -0.478 e. The number of hydrogen-bond acceptors (Lipinski definition) is 4. The van der Waals surface area contributed by atoms with Crippen molar-refractivity contribution in [3.8, 4) is 0 Å². The molecule has 2 aromatic rings. The average Bonchev–Trinajstić information content (AvgIpc) is 2.96. The van der Waals surface area contributed by atoms with Gasteiger partial charge in [-0.2, -0.15) is 4.99 Å². The van der Waals surface area contributed by atoms with Gasteiger partial charge in [-0.05, 0) is 72.6 Å². The number of nitrogens with one attached hydrogen (secondary N) is 1. The molecule has 0 aliphatic carbocycles. The summed E-state index contributed by atoms with van der Waals surface area (Å²) in [7, 11) is 0. The Morgan fingerprint density at radius 1 is 1.19 bits per heavy atom. The van der Waals surface area contributed by atoms with Crippen LogP contribution in [-0.2, 0) is 4.79 Å². The van der Waals surface area contributed by atoms with Crippen LogP contribution >= 0.6 is 11.8 Å². The normalized spacial score (nSPS) is 17.0. The molecule has 4 rings (SSSR count). The second-order valence-electron chi connectivity index (χ2n) is 6.37. The Morgan fingerprint density at radius 3 is 2.52 bits per heavy atom. The lowest BCUT2D eigenvalue weighted by atomic mass is 10.0. The fourth-order valence-corrected chi connectivity index (χ4v) is 4.05. The molecule has 2 aliphatic rings. The number of carbonyl (C=O) groups excluding carboxylic acids is 1. The van der Waals surface area contributed by atoms with E-state index in [-0.39, 0.29) is 17.0 Å². The van der Waals surface area contributed by atoms with Crippen LogP contribution in [-0.4, -0.2) is 28.0 Å². The van der Waals surface area contributed by atoms with Gasteiger partial charge in [-0.25, -0.2) is 4.79 Å². The minimum absolute atomic E-state index is 0.0711. The molecular weight excluding hydrogens is 362 g/mol. The zero-order valence-electron chi connectivity index (χ0n) is 14.6. The Morgan fingerprint density at radius 2 is 1.85 bits per heavy atom. The highest BCUT2D eigenvalue weighted by Gasteiger charge is 2.37. The number of aliphatic imine (C=N–C) groups is 1. The monoisotopic (exact) mass is 377 g/mol. The van der Waals surface area contributed by atoms with Crippen molar-refractivity contribution in [1.29, 1.82) is 5.41 Å². The van der Waals surface area contributed by atoms with Gasteiger partial charge in [0, 0.05) is 4.90 Å². The molecule has 0 spiro atoms. The lowest BCUT2D eigenvalue weighted by molar-refractivity contribution is -0.113. The molecule has 1 amide bonds. The van der Waals surface area contributed by atoms with Gasteiger partial charge in [0.05, 0.1) is 16.8 Å². The third-order valence-electron chi connectivity index (χ3n) is 4.58. The van der Waals surface area contributed by atoms with E-state index in [1.807, 2.05) is 26.0 Å². The van der Waals surface area contributed by atoms with Crippen LogP contribution < -0.4 is 4.90 Å². The molecule has 6 nitrogen and oxygen atoms in total. The van der Waals surface area contributed by atoms with Crippen LogP contribution in [0.3, 0.4) is 0 Å². The summed E-state index contributed by atoms with van der Waals surface area (Å²) in [6.45, 7) is 4.03. The van der Waals surface area contributed by atoms with Crippen molar-refractivity contribution in [2.75, 3.05) is 4.90 Å². The van der Waals surface area contributed by atoms with Gasteiger partial charge in [0.25, 0.3) is 5.91 Å². The van der Waals surface area contributed by atoms with Gasteiger partial charge in [-0.3, -0.25) is 15.1 Å². The molecule has 2 aliphatic heterocycles. The lowest BCUT2D eigenvalue weighted by Gasteiger charge is -2.24. The van der Waals surface area contributed by atoms with Crippen molar-refractivity contribution in [2.24, 2.45) is 4.99 Å². The van der Waals surface area contributed by atoms with Crippen LogP contribution in [0.15, 0.2) is 51.9 Å². The van der Waals surface area contributed by atoms with Crippen molar-refractivity contribution < 1.29 is 14.7 Å². The number of hydrogen-bond donors (Lipinski definition) is 2. The van der Waals surface area contributed by atoms with Gasteiger partial charge in [-0.15, -0.1) is 0 Å². The first kappa shape index (κ1) is 17.2. The predicted octanol–water partition coefficient (Wildman–Crippen LogP) is 3.87. The van der Waals surface area contributed by atoms with Gasteiger partial charge in [0.15, 0.2) is 5.17 Å². The quantitative estimate of drug-likeness (QED) is 0.775. The molecule has 2 heterocycles. The van der Waals surface area contributed by atoms with Crippen LogP contribution in [0.2, 0.25) is 0 Å². The summed E-state index contributed by atoms with van der Waals surface area (Å²) < 4.78 is 0. The van der Waals surface area contributed by atoms with Gasteiger partial charge in [-0.1, -0.05) is 12.1 Å². The molecule has 2 N–H and O–H groups in total. The maximum atomic E-state index is 12.5. The third kappa shape index (κ3) is 2.86. The van der Waals surface area contributed by atoms with Crippen LogP contribution in [0.25, 0.3) is 6.08 Å². The Kier molecular flexibility index (Phi) is 3.96. The van der Waals surface area contributed by atoms with Crippen molar-refractivity contribution in [1.82, 2.24) is 0 Å². The van der Waals surface area contributed by atoms with Crippen molar-refractivity contribution >= 4 is 46.4 Å². The van der Waals surface area contributed by atoms with Gasteiger partial charge < -0.3 is 5.11 Å². The summed E-state index contributed by atoms with van der Waals surface area (Å²) in [5.41, 5.74) is 4.08. The van der Waals surface area contributed by atoms with Crippen LogP contribution in [0.5, 0.6) is 0 Å². The number of aryl methyl sites for hydroxylation is 2. The number of aromatic carboxylic acids is 1. The molecule has 0 saturated carbocycles. The number of carboxylic acids is 1. The Balaban J connectivity index is 1.75. The van der Waals surface area contributed by atoms with E-state index >= 15 is 0 Å². The first-order valence-corrected chi connectivity index (χ1v) is 9.03. The highest BCUT2D eigenvalue weighted by atomic mass is 32.2. The maximum absolute atomic E-state index is 12.5. The topological polar surface area (TPSA) is 93.8 Å². The number of thioether (sulfide) groups is 1. The third-order valence-corrected chi connectivity index (χ3v) is 5.59. The molecule has 0 aromatic heterocycles. The summed E-state index contributed by atoms with van der Waals surface area (Å²) in [4.78, 5) is 30.3. The molecule has 7 heteroatoms. The number of amidine groups is 2. The fourth-order valence-electron chi connectivity index (χ4n) is 2.95.